The summed E-state index contributed by atoms with van der Waals surface area (Å²) in [5, 5.41) is 10.5. The van der Waals surface area contributed by atoms with Gasteiger partial charge in [-0.2, -0.15) is 0 Å². The van der Waals surface area contributed by atoms with Gasteiger partial charge in [-0.3, -0.25) is 9.59 Å². The van der Waals surface area contributed by atoms with E-state index in [-0.39, 0.29) is 13.0 Å². The second kappa shape index (κ2) is 11.5. The van der Waals surface area contributed by atoms with Crippen LogP contribution >= 0.6 is 23.2 Å². The summed E-state index contributed by atoms with van der Waals surface area (Å²) in [5.41, 5.74) is 0.874. The molecule has 35 heavy (non-hydrogen) atoms. The number of hydrogen-bond acceptors (Lipinski definition) is 5. The van der Waals surface area contributed by atoms with Crippen LogP contribution in [0.2, 0.25) is 10.0 Å². The Labute approximate surface area is 214 Å². The number of aliphatic carboxylic acids is 1. The molecule has 2 aromatic carbocycles. The Kier molecular flexibility index (Phi) is 8.94. The zero-order valence-corrected chi connectivity index (χ0v) is 21.3. The number of amides is 1. The lowest BCUT2D eigenvalue weighted by Gasteiger charge is -2.48. The maximum Gasteiger partial charge on any atom is 0.306 e. The molecule has 2 aromatic rings. The summed E-state index contributed by atoms with van der Waals surface area (Å²) in [5.74, 6) is -1.69. The fourth-order valence-corrected chi connectivity index (χ4v) is 4.44. The van der Waals surface area contributed by atoms with E-state index in [1.54, 1.807) is 47.4 Å². The molecule has 3 rings (SSSR count). The highest BCUT2D eigenvalue weighted by molar-refractivity contribution is 6.30. The third-order valence-corrected chi connectivity index (χ3v) is 6.13. The van der Waals surface area contributed by atoms with Gasteiger partial charge in [0.2, 0.25) is 0 Å². The number of benzene rings is 2. The maximum atomic E-state index is 13.7. The monoisotopic (exact) mass is 521 g/mol. The minimum Gasteiger partial charge on any atom is -0.481 e. The van der Waals surface area contributed by atoms with Crippen LogP contribution in [0.3, 0.4) is 0 Å². The first-order valence-electron chi connectivity index (χ1n) is 11.3. The summed E-state index contributed by atoms with van der Waals surface area (Å²) in [6, 6.07) is 12.7. The van der Waals surface area contributed by atoms with E-state index in [1.165, 1.54) is 0 Å². The van der Waals surface area contributed by atoms with Gasteiger partial charge in [-0.1, -0.05) is 47.5 Å². The predicted molar refractivity (Wildman–Crippen MR) is 133 cm³/mol. The Bertz CT molecular complexity index is 1050. The molecule has 9 heteroatoms. The number of carbonyl (C=O) groups excluding carboxylic acids is 2. The van der Waals surface area contributed by atoms with Gasteiger partial charge in [0.05, 0.1) is 30.7 Å². The number of morpholine rings is 1. The van der Waals surface area contributed by atoms with E-state index in [1.807, 2.05) is 26.8 Å². The molecule has 1 fully saturated rings. The Morgan fingerprint density at radius 2 is 1.83 bits per heavy atom. The van der Waals surface area contributed by atoms with Crippen LogP contribution in [0, 0.1) is 0 Å². The van der Waals surface area contributed by atoms with Crippen molar-refractivity contribution in [3.63, 3.8) is 0 Å². The van der Waals surface area contributed by atoms with E-state index in [4.69, 9.17) is 32.7 Å². The Morgan fingerprint density at radius 1 is 1.14 bits per heavy atom. The van der Waals surface area contributed by atoms with Crippen LogP contribution in [-0.2, 0) is 23.9 Å². The van der Waals surface area contributed by atoms with Crippen LogP contribution in [0.15, 0.2) is 48.5 Å². The topological polar surface area (TPSA) is 93.1 Å². The van der Waals surface area contributed by atoms with Gasteiger partial charge in [0, 0.05) is 16.5 Å². The smallest absolute Gasteiger partial charge is 0.306 e. The average Bonchev–Trinajstić information content (AvgIpc) is 2.77. The fraction of sp³-hybridized carbons (Fsp3) is 0.423. The lowest BCUT2D eigenvalue weighted by atomic mass is 9.89. The molecule has 1 N–H and O–H groups in total. The number of rotatable bonds is 9. The molecule has 0 spiro atoms. The largest absolute Gasteiger partial charge is 0.481 e. The van der Waals surface area contributed by atoms with E-state index in [9.17, 15) is 19.5 Å². The quantitative estimate of drug-likeness (QED) is 0.453. The lowest BCUT2D eigenvalue weighted by molar-refractivity contribution is -0.187. The molecule has 7 nitrogen and oxygen atoms in total. The molecule has 0 radical (unpaired) electrons. The van der Waals surface area contributed by atoms with Gasteiger partial charge >= 0.3 is 5.97 Å². The zero-order chi connectivity index (χ0) is 25.8. The van der Waals surface area contributed by atoms with Crippen LogP contribution in [0.25, 0.3) is 0 Å². The van der Waals surface area contributed by atoms with Gasteiger partial charge in [0.1, 0.15) is 18.5 Å². The van der Waals surface area contributed by atoms with Crippen LogP contribution in [0.4, 0.5) is 0 Å². The molecule has 4 atom stereocenters. The molecule has 0 aromatic heterocycles. The second-order valence-electron chi connectivity index (χ2n) is 9.42. The van der Waals surface area contributed by atoms with Gasteiger partial charge < -0.3 is 24.3 Å². The first-order chi connectivity index (χ1) is 16.5. The molecule has 0 saturated carbocycles. The van der Waals surface area contributed by atoms with Crippen molar-refractivity contribution in [2.75, 3.05) is 6.61 Å². The summed E-state index contributed by atoms with van der Waals surface area (Å²) >= 11 is 12.4. The van der Waals surface area contributed by atoms with Crippen LogP contribution in [0.5, 0.6) is 0 Å². The number of ether oxygens (including phenoxy) is 2. The third kappa shape index (κ3) is 7.04. The number of halogens is 2. The molecule has 1 aliphatic heterocycles. The number of carbonyl (C=O) groups is 3. The van der Waals surface area contributed by atoms with Crippen molar-refractivity contribution in [3.8, 4) is 0 Å². The zero-order valence-electron chi connectivity index (χ0n) is 19.8. The maximum absolute atomic E-state index is 13.7. The second-order valence-corrected chi connectivity index (χ2v) is 10.3. The molecular weight excluding hydrogens is 493 g/mol. The number of carboxylic acid groups (broad SMARTS) is 1. The summed E-state index contributed by atoms with van der Waals surface area (Å²) in [6.07, 6.45) is -1.77. The van der Waals surface area contributed by atoms with E-state index >= 15 is 0 Å². The highest BCUT2D eigenvalue weighted by Crippen LogP contribution is 2.44. The van der Waals surface area contributed by atoms with Crippen molar-refractivity contribution in [2.45, 2.75) is 63.5 Å². The number of carboxylic acids is 1. The fourth-order valence-electron chi connectivity index (χ4n) is 4.12. The first kappa shape index (κ1) is 27.1. The normalized spacial score (nSPS) is 21.6. The van der Waals surface area contributed by atoms with Gasteiger partial charge in [0.25, 0.3) is 5.91 Å². The lowest BCUT2D eigenvalue weighted by Crippen LogP contribution is -2.56. The van der Waals surface area contributed by atoms with Crippen molar-refractivity contribution < 1.29 is 29.0 Å². The van der Waals surface area contributed by atoms with Gasteiger partial charge in [0.15, 0.2) is 0 Å². The summed E-state index contributed by atoms with van der Waals surface area (Å²) in [4.78, 5) is 38.5. The predicted octanol–water partition coefficient (Wildman–Crippen LogP) is 5.25. The molecule has 0 unspecified atom stereocenters. The van der Waals surface area contributed by atoms with Crippen LogP contribution in [-0.4, -0.2) is 52.5 Å². The molecule has 188 valence electrons. The summed E-state index contributed by atoms with van der Waals surface area (Å²) < 4.78 is 12.1. The van der Waals surface area contributed by atoms with Crippen LogP contribution in [0.1, 0.15) is 56.9 Å². The Balaban J connectivity index is 2.17. The summed E-state index contributed by atoms with van der Waals surface area (Å²) in [6.45, 7) is 5.72. The molecule has 0 aliphatic carbocycles. The molecule has 1 saturated heterocycles. The van der Waals surface area contributed by atoms with Crippen molar-refractivity contribution in [1.82, 2.24) is 4.90 Å². The number of aldehydes is 1. The number of hydrogen-bond donors (Lipinski definition) is 1. The van der Waals surface area contributed by atoms with E-state index < -0.39 is 48.2 Å². The van der Waals surface area contributed by atoms with Crippen LogP contribution < -0.4 is 0 Å². The van der Waals surface area contributed by atoms with E-state index in [2.05, 4.69) is 0 Å². The summed E-state index contributed by atoms with van der Waals surface area (Å²) in [7, 11) is 0. The van der Waals surface area contributed by atoms with Gasteiger partial charge in [-0.15, -0.1) is 0 Å². The Morgan fingerprint density at radius 3 is 2.40 bits per heavy atom. The molecule has 1 amide bonds. The van der Waals surface area contributed by atoms with Crippen molar-refractivity contribution >= 4 is 41.4 Å². The van der Waals surface area contributed by atoms with E-state index in [0.717, 1.165) is 6.29 Å². The number of nitrogens with zero attached hydrogens (tertiary/aromatic N) is 1. The third-order valence-electron chi connectivity index (χ3n) is 5.65. The minimum absolute atomic E-state index is 0.00790. The van der Waals surface area contributed by atoms with Crippen molar-refractivity contribution in [3.05, 3.63) is 69.7 Å². The van der Waals surface area contributed by atoms with Gasteiger partial charge in [-0.25, -0.2) is 0 Å². The molecule has 1 heterocycles. The minimum atomic E-state index is -1.25. The molecular formula is C26H29Cl2NO6. The van der Waals surface area contributed by atoms with Crippen molar-refractivity contribution in [1.29, 1.82) is 0 Å². The highest BCUT2D eigenvalue weighted by atomic mass is 35.5. The van der Waals surface area contributed by atoms with Crippen molar-refractivity contribution in [2.24, 2.45) is 0 Å². The highest BCUT2D eigenvalue weighted by Gasteiger charge is 2.47. The molecule has 1 aliphatic rings. The van der Waals surface area contributed by atoms with Gasteiger partial charge in [-0.05, 0) is 56.2 Å². The SMILES string of the molecule is CC(C)(C)OC[C@H](CC=O)N1C(=O)[C@@H](CC(=O)O)O[C@H](c2cccc(Cl)c2)[C@H]1c1ccc(Cl)cc1. The van der Waals surface area contributed by atoms with E-state index in [0.29, 0.717) is 21.2 Å². The Hall–Kier alpha value is -2.45. The first-order valence-corrected chi connectivity index (χ1v) is 12.0. The average molecular weight is 522 g/mol. The molecule has 0 bridgehead atoms. The standard InChI is InChI=1S/C26H29Cl2NO6/c1-26(2,3)34-15-20(11-12-30)29-23(16-7-9-18(27)10-8-16)24(17-5-4-6-19(28)13-17)35-21(25(29)33)14-22(31)32/h4-10,12-13,20-21,23-24H,11,14-15H2,1-3H3,(H,31,32)/t20-,21+,23+,24+/m0/s1.